The summed E-state index contributed by atoms with van der Waals surface area (Å²) < 4.78 is 9.99. The van der Waals surface area contributed by atoms with Gasteiger partial charge in [0.15, 0.2) is 0 Å². The number of ether oxygens (including phenoxy) is 1. The highest BCUT2D eigenvalue weighted by Crippen LogP contribution is 2.23. The molecule has 0 aromatic carbocycles. The van der Waals surface area contributed by atoms with E-state index in [0.717, 1.165) is 36.9 Å². The van der Waals surface area contributed by atoms with E-state index in [4.69, 9.17) is 4.74 Å². The lowest BCUT2D eigenvalue weighted by atomic mass is 10.1. The number of morpholine rings is 1. The molecule has 1 aliphatic rings. The van der Waals surface area contributed by atoms with Crippen LogP contribution in [0.15, 0.2) is 0 Å². The van der Waals surface area contributed by atoms with Crippen molar-refractivity contribution in [2.75, 3.05) is 45.2 Å². The van der Waals surface area contributed by atoms with Gasteiger partial charge in [0.1, 0.15) is 5.00 Å². The molecule has 0 unspecified atom stereocenters. The summed E-state index contributed by atoms with van der Waals surface area (Å²) in [6, 6.07) is 0. The van der Waals surface area contributed by atoms with Gasteiger partial charge in [0.2, 0.25) is 0 Å². The van der Waals surface area contributed by atoms with Crippen molar-refractivity contribution >= 4 is 22.4 Å². The summed E-state index contributed by atoms with van der Waals surface area (Å²) in [5.74, 6) is 0.561. The van der Waals surface area contributed by atoms with Gasteiger partial charge in [-0.2, -0.15) is 4.37 Å². The van der Waals surface area contributed by atoms with Crippen molar-refractivity contribution in [3.63, 3.8) is 0 Å². The van der Waals surface area contributed by atoms with Crippen LogP contribution in [0.3, 0.4) is 0 Å². The Balaban J connectivity index is 1.87. The zero-order chi connectivity index (χ0) is 16.1. The summed E-state index contributed by atoms with van der Waals surface area (Å²) in [6.45, 7) is 10.5. The number of hydrogen-bond acceptors (Lipinski definition) is 6. The van der Waals surface area contributed by atoms with Crippen LogP contribution in [0.1, 0.15) is 29.9 Å². The zero-order valence-corrected chi connectivity index (χ0v) is 14.6. The molecule has 22 heavy (non-hydrogen) atoms. The van der Waals surface area contributed by atoms with Crippen molar-refractivity contribution in [1.82, 2.24) is 14.6 Å². The van der Waals surface area contributed by atoms with Crippen LogP contribution in [0.2, 0.25) is 0 Å². The Labute approximate surface area is 136 Å². The van der Waals surface area contributed by atoms with Gasteiger partial charge in [-0.05, 0) is 24.4 Å². The van der Waals surface area contributed by atoms with E-state index in [-0.39, 0.29) is 12.0 Å². The first-order chi connectivity index (χ1) is 10.5. The van der Waals surface area contributed by atoms with Gasteiger partial charge in [-0.25, -0.2) is 0 Å². The van der Waals surface area contributed by atoms with Gasteiger partial charge >= 0.3 is 0 Å². The molecule has 0 bridgehead atoms. The Morgan fingerprint density at radius 3 is 3.00 bits per heavy atom. The Morgan fingerprint density at radius 1 is 1.55 bits per heavy atom. The normalized spacial score (nSPS) is 19.4. The Kier molecular flexibility index (Phi) is 6.16. The van der Waals surface area contributed by atoms with E-state index in [1.54, 1.807) is 7.05 Å². The van der Waals surface area contributed by atoms with Crippen LogP contribution in [0.4, 0.5) is 5.00 Å². The molecule has 1 atom stereocenters. The molecule has 2 N–H and O–H groups in total. The predicted octanol–water partition coefficient (Wildman–Crippen LogP) is 1.58. The SMILES string of the molecule is CNc1snc(C)c1C(=O)NC[C@H]1CN(CC(C)C)CCO1. The molecule has 1 fully saturated rings. The molecule has 0 aliphatic carbocycles. The lowest BCUT2D eigenvalue weighted by Gasteiger charge is -2.33. The third kappa shape index (κ3) is 4.41. The van der Waals surface area contributed by atoms with Gasteiger partial charge in [-0.1, -0.05) is 13.8 Å². The number of amides is 1. The third-order valence-corrected chi connectivity index (χ3v) is 4.61. The second kappa shape index (κ2) is 7.89. The van der Waals surface area contributed by atoms with Crippen molar-refractivity contribution in [3.8, 4) is 0 Å². The lowest BCUT2D eigenvalue weighted by molar-refractivity contribution is -0.0295. The molecule has 1 aromatic heterocycles. The molecule has 2 rings (SSSR count). The standard InChI is InChI=1S/C15H26N4O2S/c1-10(2)8-19-5-6-21-12(9-19)7-17-14(20)13-11(3)18-22-15(13)16-4/h10,12,16H,5-9H2,1-4H3,(H,17,20)/t12-/m0/s1. The average Bonchev–Trinajstić information content (AvgIpc) is 2.85. The summed E-state index contributed by atoms with van der Waals surface area (Å²) in [7, 11) is 1.80. The Bertz CT molecular complexity index is 504. The first-order valence-corrected chi connectivity index (χ1v) is 8.54. The van der Waals surface area contributed by atoms with Crippen molar-refractivity contribution in [2.24, 2.45) is 5.92 Å². The van der Waals surface area contributed by atoms with Crippen LogP contribution in [0, 0.1) is 12.8 Å². The van der Waals surface area contributed by atoms with E-state index in [0.29, 0.717) is 18.0 Å². The number of carbonyl (C=O) groups is 1. The fourth-order valence-electron chi connectivity index (χ4n) is 2.69. The maximum Gasteiger partial charge on any atom is 0.256 e. The van der Waals surface area contributed by atoms with E-state index >= 15 is 0 Å². The van der Waals surface area contributed by atoms with E-state index < -0.39 is 0 Å². The molecular weight excluding hydrogens is 300 g/mol. The average molecular weight is 326 g/mol. The number of nitrogens with zero attached hydrogens (tertiary/aromatic N) is 2. The summed E-state index contributed by atoms with van der Waals surface area (Å²) in [4.78, 5) is 14.8. The maximum atomic E-state index is 12.4. The molecule has 1 aliphatic heterocycles. The molecule has 7 heteroatoms. The van der Waals surface area contributed by atoms with Crippen LogP contribution in [-0.4, -0.2) is 61.1 Å². The van der Waals surface area contributed by atoms with E-state index in [9.17, 15) is 4.79 Å². The Hall–Kier alpha value is -1.18. The van der Waals surface area contributed by atoms with Crippen LogP contribution in [0.5, 0.6) is 0 Å². The summed E-state index contributed by atoms with van der Waals surface area (Å²) >= 11 is 1.31. The van der Waals surface area contributed by atoms with Crippen molar-refractivity contribution in [2.45, 2.75) is 26.9 Å². The van der Waals surface area contributed by atoms with Gasteiger partial charge in [-0.3, -0.25) is 9.69 Å². The predicted molar refractivity (Wildman–Crippen MR) is 89.7 cm³/mol. The van der Waals surface area contributed by atoms with Crippen LogP contribution in [0.25, 0.3) is 0 Å². The molecule has 1 saturated heterocycles. The minimum Gasteiger partial charge on any atom is -0.378 e. The molecule has 124 valence electrons. The van der Waals surface area contributed by atoms with Gasteiger partial charge in [0.25, 0.3) is 5.91 Å². The first-order valence-electron chi connectivity index (χ1n) is 7.77. The van der Waals surface area contributed by atoms with Gasteiger partial charge in [-0.15, -0.1) is 0 Å². The molecular formula is C15H26N4O2S. The molecule has 0 spiro atoms. The number of aryl methyl sites for hydroxylation is 1. The van der Waals surface area contributed by atoms with Gasteiger partial charge < -0.3 is 15.4 Å². The van der Waals surface area contributed by atoms with Crippen LogP contribution < -0.4 is 10.6 Å². The second-order valence-electron chi connectivity index (χ2n) is 6.08. The highest BCUT2D eigenvalue weighted by Gasteiger charge is 2.23. The van der Waals surface area contributed by atoms with E-state index in [2.05, 4.69) is 33.8 Å². The fourth-order valence-corrected chi connectivity index (χ4v) is 3.43. The van der Waals surface area contributed by atoms with Gasteiger partial charge in [0.05, 0.1) is 24.0 Å². The molecule has 2 heterocycles. The quantitative estimate of drug-likeness (QED) is 0.831. The Morgan fingerprint density at radius 2 is 2.32 bits per heavy atom. The number of hydrogen-bond donors (Lipinski definition) is 2. The molecule has 6 nitrogen and oxygen atoms in total. The second-order valence-corrected chi connectivity index (χ2v) is 6.85. The van der Waals surface area contributed by atoms with E-state index in [1.165, 1.54) is 11.5 Å². The first kappa shape index (κ1) is 17.2. The number of rotatable bonds is 6. The summed E-state index contributed by atoms with van der Waals surface area (Å²) in [5, 5.41) is 6.81. The van der Waals surface area contributed by atoms with Crippen molar-refractivity contribution in [3.05, 3.63) is 11.3 Å². The highest BCUT2D eigenvalue weighted by molar-refractivity contribution is 7.10. The van der Waals surface area contributed by atoms with Crippen LogP contribution >= 0.6 is 11.5 Å². The largest absolute Gasteiger partial charge is 0.378 e. The number of anilines is 1. The minimum absolute atomic E-state index is 0.0568. The zero-order valence-electron chi connectivity index (χ0n) is 13.8. The maximum absolute atomic E-state index is 12.4. The monoisotopic (exact) mass is 326 g/mol. The molecule has 0 radical (unpaired) electrons. The minimum atomic E-state index is -0.0832. The van der Waals surface area contributed by atoms with Gasteiger partial charge in [0, 0.05) is 33.2 Å². The third-order valence-electron chi connectivity index (χ3n) is 3.65. The summed E-state index contributed by atoms with van der Waals surface area (Å²) in [5.41, 5.74) is 1.40. The topological polar surface area (TPSA) is 66.5 Å². The summed E-state index contributed by atoms with van der Waals surface area (Å²) in [6.07, 6.45) is 0.0568. The highest BCUT2D eigenvalue weighted by atomic mass is 32.1. The smallest absolute Gasteiger partial charge is 0.256 e. The van der Waals surface area contributed by atoms with E-state index in [1.807, 2.05) is 6.92 Å². The molecule has 1 aromatic rings. The fraction of sp³-hybridized carbons (Fsp3) is 0.733. The van der Waals surface area contributed by atoms with Crippen molar-refractivity contribution in [1.29, 1.82) is 0 Å². The number of nitrogens with one attached hydrogen (secondary N) is 2. The lowest BCUT2D eigenvalue weighted by Crippen LogP contribution is -2.48. The van der Waals surface area contributed by atoms with Crippen LogP contribution in [-0.2, 0) is 4.74 Å². The van der Waals surface area contributed by atoms with Crippen molar-refractivity contribution < 1.29 is 9.53 Å². The number of carbonyl (C=O) groups excluding carboxylic acids is 1. The molecule has 0 saturated carbocycles. The molecule has 1 amide bonds. The number of aromatic nitrogens is 1.